The van der Waals surface area contributed by atoms with E-state index >= 15 is 0 Å². The van der Waals surface area contributed by atoms with E-state index in [9.17, 15) is 4.79 Å². The fourth-order valence-electron chi connectivity index (χ4n) is 2.78. The van der Waals surface area contributed by atoms with Gasteiger partial charge in [0.2, 0.25) is 5.91 Å². The van der Waals surface area contributed by atoms with E-state index in [-0.39, 0.29) is 17.9 Å². The number of hydrogen-bond acceptors (Lipinski definition) is 4. The number of benzene rings is 1. The molecule has 0 spiro atoms. The van der Waals surface area contributed by atoms with E-state index in [0.717, 1.165) is 32.1 Å². The Balaban J connectivity index is 2.10. The predicted octanol–water partition coefficient (Wildman–Crippen LogP) is 2.55. The number of rotatable bonds is 4. The number of nitrogens with one attached hydrogen (secondary N) is 1. The first-order chi connectivity index (χ1) is 10.1. The van der Waals surface area contributed by atoms with E-state index in [4.69, 9.17) is 15.2 Å². The Kier molecular flexibility index (Phi) is 5.44. The molecular formula is C16H24N2O3. The van der Waals surface area contributed by atoms with Gasteiger partial charge in [0.25, 0.3) is 0 Å². The first-order valence-electron chi connectivity index (χ1n) is 7.43. The molecule has 0 radical (unpaired) electrons. The second kappa shape index (κ2) is 7.31. The lowest BCUT2D eigenvalue weighted by Crippen LogP contribution is -2.37. The second-order valence-corrected chi connectivity index (χ2v) is 5.50. The maximum atomic E-state index is 12.5. The standard InChI is InChI=1S/C16H24N2O3/c1-20-12-8-11(9-13(10-12)21-2)18-16(19)14-6-4-3-5-7-15(14)17/h8-10,14-15H,3-7,17H2,1-2H3,(H,18,19). The van der Waals surface area contributed by atoms with Crippen molar-refractivity contribution in [3.63, 3.8) is 0 Å². The van der Waals surface area contributed by atoms with E-state index in [2.05, 4.69) is 5.32 Å². The molecule has 0 bridgehead atoms. The van der Waals surface area contributed by atoms with Crippen molar-refractivity contribution >= 4 is 11.6 Å². The molecule has 2 unspecified atom stereocenters. The van der Waals surface area contributed by atoms with Crippen LogP contribution in [0.5, 0.6) is 11.5 Å². The van der Waals surface area contributed by atoms with Crippen LogP contribution in [-0.4, -0.2) is 26.2 Å². The van der Waals surface area contributed by atoms with E-state index in [1.54, 1.807) is 32.4 Å². The molecule has 0 heterocycles. The van der Waals surface area contributed by atoms with Crippen LogP contribution in [-0.2, 0) is 4.79 Å². The number of nitrogens with two attached hydrogens (primary N) is 1. The summed E-state index contributed by atoms with van der Waals surface area (Å²) >= 11 is 0. The number of amides is 1. The SMILES string of the molecule is COc1cc(NC(=O)C2CCCCCC2N)cc(OC)c1. The van der Waals surface area contributed by atoms with Gasteiger partial charge >= 0.3 is 0 Å². The Labute approximate surface area is 125 Å². The highest BCUT2D eigenvalue weighted by atomic mass is 16.5. The largest absolute Gasteiger partial charge is 0.497 e. The Morgan fingerprint density at radius 3 is 2.33 bits per heavy atom. The fraction of sp³-hybridized carbons (Fsp3) is 0.562. The summed E-state index contributed by atoms with van der Waals surface area (Å²) in [6.07, 6.45) is 5.10. The maximum absolute atomic E-state index is 12.5. The number of methoxy groups -OCH3 is 2. The third kappa shape index (κ3) is 4.11. The van der Waals surface area contributed by atoms with Crippen LogP contribution in [0.25, 0.3) is 0 Å². The fourth-order valence-corrected chi connectivity index (χ4v) is 2.78. The molecular weight excluding hydrogens is 268 g/mol. The molecule has 3 N–H and O–H groups in total. The summed E-state index contributed by atoms with van der Waals surface area (Å²) in [4.78, 5) is 12.5. The molecule has 1 aliphatic rings. The maximum Gasteiger partial charge on any atom is 0.229 e. The summed E-state index contributed by atoms with van der Waals surface area (Å²) in [6.45, 7) is 0. The molecule has 5 nitrogen and oxygen atoms in total. The van der Waals surface area contributed by atoms with Crippen molar-refractivity contribution in [1.82, 2.24) is 0 Å². The molecule has 0 aliphatic heterocycles. The van der Waals surface area contributed by atoms with E-state index < -0.39 is 0 Å². The Bertz CT molecular complexity index is 468. The van der Waals surface area contributed by atoms with Crippen molar-refractivity contribution in [3.05, 3.63) is 18.2 Å². The third-order valence-electron chi connectivity index (χ3n) is 4.03. The molecule has 2 rings (SSSR count). The number of carbonyl (C=O) groups is 1. The van der Waals surface area contributed by atoms with Crippen LogP contribution < -0.4 is 20.5 Å². The minimum atomic E-state index is -0.121. The van der Waals surface area contributed by atoms with Gasteiger partial charge in [0.15, 0.2) is 0 Å². The summed E-state index contributed by atoms with van der Waals surface area (Å²) in [5, 5.41) is 2.94. The number of carbonyl (C=O) groups excluding carboxylic acids is 1. The molecule has 1 saturated carbocycles. The molecule has 2 atom stereocenters. The lowest BCUT2D eigenvalue weighted by atomic mass is 9.94. The second-order valence-electron chi connectivity index (χ2n) is 5.50. The van der Waals surface area contributed by atoms with Gasteiger partial charge in [-0.05, 0) is 12.8 Å². The van der Waals surface area contributed by atoms with Gasteiger partial charge in [-0.2, -0.15) is 0 Å². The summed E-state index contributed by atoms with van der Waals surface area (Å²) in [7, 11) is 3.17. The molecule has 1 fully saturated rings. The van der Waals surface area contributed by atoms with Crippen LogP contribution >= 0.6 is 0 Å². The topological polar surface area (TPSA) is 73.6 Å². The van der Waals surface area contributed by atoms with E-state index in [0.29, 0.717) is 17.2 Å². The highest BCUT2D eigenvalue weighted by Gasteiger charge is 2.27. The summed E-state index contributed by atoms with van der Waals surface area (Å²) in [5.74, 6) is 1.16. The molecule has 1 aliphatic carbocycles. The van der Waals surface area contributed by atoms with Crippen LogP contribution in [0.3, 0.4) is 0 Å². The predicted molar refractivity (Wildman–Crippen MR) is 82.7 cm³/mol. The van der Waals surface area contributed by atoms with Gasteiger partial charge in [0.1, 0.15) is 11.5 Å². The van der Waals surface area contributed by atoms with Crippen molar-refractivity contribution in [1.29, 1.82) is 0 Å². The minimum Gasteiger partial charge on any atom is -0.497 e. The minimum absolute atomic E-state index is 0.0142. The van der Waals surface area contributed by atoms with Crippen molar-refractivity contribution in [2.45, 2.75) is 38.1 Å². The number of anilines is 1. The molecule has 116 valence electrons. The molecule has 1 aromatic rings. The summed E-state index contributed by atoms with van der Waals surface area (Å²) in [5.41, 5.74) is 6.81. The van der Waals surface area contributed by atoms with E-state index in [1.165, 1.54) is 0 Å². The highest BCUT2D eigenvalue weighted by Crippen LogP contribution is 2.28. The van der Waals surface area contributed by atoms with Gasteiger partial charge in [0.05, 0.1) is 20.1 Å². The van der Waals surface area contributed by atoms with Gasteiger partial charge < -0.3 is 20.5 Å². The monoisotopic (exact) mass is 292 g/mol. The average Bonchev–Trinajstić information content (AvgIpc) is 2.71. The molecule has 21 heavy (non-hydrogen) atoms. The zero-order valence-electron chi connectivity index (χ0n) is 12.7. The van der Waals surface area contributed by atoms with Crippen LogP contribution in [0.2, 0.25) is 0 Å². The van der Waals surface area contributed by atoms with Gasteiger partial charge in [0, 0.05) is 29.9 Å². The first-order valence-corrected chi connectivity index (χ1v) is 7.43. The van der Waals surface area contributed by atoms with Crippen molar-refractivity contribution in [2.75, 3.05) is 19.5 Å². The number of ether oxygens (including phenoxy) is 2. The highest BCUT2D eigenvalue weighted by molar-refractivity contribution is 5.93. The van der Waals surface area contributed by atoms with Gasteiger partial charge in [-0.25, -0.2) is 0 Å². The van der Waals surface area contributed by atoms with Crippen molar-refractivity contribution in [3.8, 4) is 11.5 Å². The zero-order chi connectivity index (χ0) is 15.2. The normalized spacial score (nSPS) is 22.2. The van der Waals surface area contributed by atoms with Crippen molar-refractivity contribution in [2.24, 2.45) is 11.7 Å². The zero-order valence-corrected chi connectivity index (χ0v) is 12.7. The Morgan fingerprint density at radius 2 is 1.71 bits per heavy atom. The van der Waals surface area contributed by atoms with Gasteiger partial charge in [-0.15, -0.1) is 0 Å². The summed E-state index contributed by atoms with van der Waals surface area (Å²) < 4.78 is 10.4. The molecule has 1 amide bonds. The van der Waals surface area contributed by atoms with Crippen LogP contribution in [0.1, 0.15) is 32.1 Å². The molecule has 0 saturated heterocycles. The molecule has 5 heteroatoms. The average molecular weight is 292 g/mol. The third-order valence-corrected chi connectivity index (χ3v) is 4.03. The van der Waals surface area contributed by atoms with Gasteiger partial charge in [-0.1, -0.05) is 19.3 Å². The van der Waals surface area contributed by atoms with E-state index in [1.807, 2.05) is 0 Å². The molecule has 0 aromatic heterocycles. The van der Waals surface area contributed by atoms with Crippen LogP contribution in [0.4, 0.5) is 5.69 Å². The van der Waals surface area contributed by atoms with Crippen LogP contribution in [0, 0.1) is 5.92 Å². The Morgan fingerprint density at radius 1 is 1.10 bits per heavy atom. The van der Waals surface area contributed by atoms with Gasteiger partial charge in [-0.3, -0.25) is 4.79 Å². The number of hydrogen-bond donors (Lipinski definition) is 2. The lowest BCUT2D eigenvalue weighted by Gasteiger charge is -2.21. The van der Waals surface area contributed by atoms with Crippen molar-refractivity contribution < 1.29 is 14.3 Å². The summed E-state index contributed by atoms with van der Waals surface area (Å²) in [6, 6.07) is 5.28. The lowest BCUT2D eigenvalue weighted by molar-refractivity contribution is -0.120. The van der Waals surface area contributed by atoms with Crippen LogP contribution in [0.15, 0.2) is 18.2 Å². The molecule has 1 aromatic carbocycles. The quantitative estimate of drug-likeness (QED) is 0.836. The first kappa shape index (κ1) is 15.6. The smallest absolute Gasteiger partial charge is 0.229 e. The Hall–Kier alpha value is -1.75.